The highest BCUT2D eigenvalue weighted by atomic mass is 35.5. The van der Waals surface area contributed by atoms with E-state index in [1.807, 2.05) is 6.92 Å². The summed E-state index contributed by atoms with van der Waals surface area (Å²) >= 11 is 6.73. The van der Waals surface area contributed by atoms with Gasteiger partial charge in [0, 0.05) is 24.6 Å². The highest BCUT2D eigenvalue weighted by Crippen LogP contribution is 2.64. The summed E-state index contributed by atoms with van der Waals surface area (Å²) < 4.78 is 10.4. The van der Waals surface area contributed by atoms with Crippen LogP contribution < -0.4 is 10.6 Å². The predicted molar refractivity (Wildman–Crippen MR) is 99.3 cm³/mol. The maximum atomic E-state index is 12.7. The molecule has 0 aromatic carbocycles. The van der Waals surface area contributed by atoms with Crippen molar-refractivity contribution in [2.45, 2.75) is 56.7 Å². The van der Waals surface area contributed by atoms with E-state index in [-0.39, 0.29) is 10.8 Å². The van der Waals surface area contributed by atoms with Crippen molar-refractivity contribution < 1.29 is 23.9 Å². The monoisotopic (exact) mass is 400 g/mol. The number of nitrogens with one attached hydrogen (secondary N) is 2. The number of rotatable bonds is 8. The van der Waals surface area contributed by atoms with Crippen LogP contribution in [0.4, 0.5) is 4.79 Å². The number of halogens is 1. The van der Waals surface area contributed by atoms with Crippen molar-refractivity contribution in [1.82, 2.24) is 10.6 Å². The van der Waals surface area contributed by atoms with E-state index in [1.54, 1.807) is 0 Å². The molecule has 27 heavy (non-hydrogen) atoms. The molecule has 0 saturated heterocycles. The smallest absolute Gasteiger partial charge is 0.321 e. The second-order valence-corrected chi connectivity index (χ2v) is 9.12. The molecule has 2 unspecified atom stereocenters. The van der Waals surface area contributed by atoms with Crippen molar-refractivity contribution in [3.63, 3.8) is 0 Å². The fourth-order valence-electron chi connectivity index (χ4n) is 5.40. The molecule has 7 nitrogen and oxygen atoms in total. The number of carbonyl (C=O) groups is 3. The minimum absolute atomic E-state index is 0.285. The molecule has 4 rings (SSSR count). The van der Waals surface area contributed by atoms with Crippen molar-refractivity contribution in [3.8, 4) is 0 Å². The van der Waals surface area contributed by atoms with E-state index in [0.717, 1.165) is 32.1 Å². The van der Waals surface area contributed by atoms with Crippen LogP contribution in [0.5, 0.6) is 0 Å². The topological polar surface area (TPSA) is 93.7 Å². The molecule has 4 aliphatic rings. The largest absolute Gasteiger partial charge is 0.455 e. The van der Waals surface area contributed by atoms with Gasteiger partial charge in [-0.05, 0) is 63.7 Å². The summed E-state index contributed by atoms with van der Waals surface area (Å²) in [6.07, 6.45) is 6.00. The van der Waals surface area contributed by atoms with E-state index in [0.29, 0.717) is 44.4 Å². The van der Waals surface area contributed by atoms with Crippen molar-refractivity contribution in [3.05, 3.63) is 0 Å². The third-order valence-electron chi connectivity index (χ3n) is 5.97. The first-order valence-corrected chi connectivity index (χ1v) is 10.2. The van der Waals surface area contributed by atoms with E-state index in [1.165, 1.54) is 0 Å². The van der Waals surface area contributed by atoms with Crippen molar-refractivity contribution in [1.29, 1.82) is 0 Å². The molecule has 0 radical (unpaired) electrons. The van der Waals surface area contributed by atoms with E-state index in [2.05, 4.69) is 10.6 Å². The van der Waals surface area contributed by atoms with Gasteiger partial charge in [0.15, 0.2) is 6.61 Å². The van der Waals surface area contributed by atoms with E-state index in [4.69, 9.17) is 21.1 Å². The Balaban J connectivity index is 1.40. The zero-order chi connectivity index (χ0) is 19.5. The number of esters is 1. The summed E-state index contributed by atoms with van der Waals surface area (Å²) in [6.45, 7) is 3.04. The Bertz CT molecular complexity index is 583. The normalized spacial score (nSPS) is 33.6. The zero-order valence-electron chi connectivity index (χ0n) is 15.9. The molecule has 0 heterocycles. The summed E-state index contributed by atoms with van der Waals surface area (Å²) in [4.78, 5) is 36.0. The molecule has 4 saturated carbocycles. The maximum Gasteiger partial charge on any atom is 0.321 e. The fourth-order valence-corrected chi connectivity index (χ4v) is 6.09. The minimum Gasteiger partial charge on any atom is -0.455 e. The molecule has 0 aromatic heterocycles. The lowest BCUT2D eigenvalue weighted by Gasteiger charge is -2.58. The summed E-state index contributed by atoms with van der Waals surface area (Å²) in [6, 6.07) is -0.595. The number of imide groups is 1. The molecular formula is C19H29ClN2O5. The van der Waals surface area contributed by atoms with E-state index >= 15 is 0 Å². The van der Waals surface area contributed by atoms with Crippen LogP contribution >= 0.6 is 11.6 Å². The standard InChI is InChI=1S/C19H29ClN2O5/c1-2-26-5-3-4-21-17(25)22-15(23)11-27-16(24)18-7-13-6-14(8-18)10-19(20,9-13)12-18/h13-14H,2-12H2,1H3,(H2,21,22,23,25)/t13-,14+,18?,19?. The average molecular weight is 401 g/mol. The van der Waals surface area contributed by atoms with Crippen LogP contribution in [-0.4, -0.2) is 49.1 Å². The Kier molecular flexibility index (Phi) is 6.31. The van der Waals surface area contributed by atoms with Crippen LogP contribution in [0.25, 0.3) is 0 Å². The molecular weight excluding hydrogens is 372 g/mol. The molecule has 4 atom stereocenters. The first-order valence-electron chi connectivity index (χ1n) is 9.86. The van der Waals surface area contributed by atoms with Crippen molar-refractivity contribution in [2.24, 2.45) is 17.3 Å². The molecule has 4 bridgehead atoms. The van der Waals surface area contributed by atoms with Gasteiger partial charge in [-0.1, -0.05) is 0 Å². The van der Waals surface area contributed by atoms with E-state index < -0.39 is 24.0 Å². The molecule has 3 amide bonds. The lowest BCUT2D eigenvalue weighted by atomic mass is 9.49. The first kappa shape index (κ1) is 20.4. The molecule has 4 aliphatic carbocycles. The number of hydrogen-bond acceptors (Lipinski definition) is 5. The van der Waals surface area contributed by atoms with Crippen LogP contribution in [0, 0.1) is 17.3 Å². The van der Waals surface area contributed by atoms with Gasteiger partial charge in [-0.15, -0.1) is 11.6 Å². The number of carbonyl (C=O) groups excluding carboxylic acids is 3. The molecule has 0 spiro atoms. The number of amides is 3. The first-order chi connectivity index (χ1) is 12.8. The lowest BCUT2D eigenvalue weighted by molar-refractivity contribution is -0.171. The Morgan fingerprint density at radius 1 is 1.15 bits per heavy atom. The van der Waals surface area contributed by atoms with Crippen LogP contribution in [0.2, 0.25) is 0 Å². The molecule has 152 valence electrons. The Morgan fingerprint density at radius 3 is 2.48 bits per heavy atom. The Morgan fingerprint density at radius 2 is 1.85 bits per heavy atom. The highest BCUT2D eigenvalue weighted by Gasteiger charge is 2.60. The second kappa shape index (κ2) is 8.35. The van der Waals surface area contributed by atoms with Crippen LogP contribution in [0.15, 0.2) is 0 Å². The Labute approximate surface area is 164 Å². The van der Waals surface area contributed by atoms with Gasteiger partial charge >= 0.3 is 12.0 Å². The van der Waals surface area contributed by atoms with Gasteiger partial charge in [0.2, 0.25) is 0 Å². The van der Waals surface area contributed by atoms with Gasteiger partial charge < -0.3 is 14.8 Å². The van der Waals surface area contributed by atoms with Gasteiger partial charge in [-0.2, -0.15) is 0 Å². The third kappa shape index (κ3) is 4.93. The number of hydrogen-bond donors (Lipinski definition) is 2. The fraction of sp³-hybridized carbons (Fsp3) is 0.842. The molecule has 0 aliphatic heterocycles. The molecule has 0 aromatic rings. The SMILES string of the molecule is CCOCCCNC(=O)NC(=O)COC(=O)C12C[C@@H]3C[C@@H](CC(Cl)(C3)C1)C2. The van der Waals surface area contributed by atoms with Crippen LogP contribution in [-0.2, 0) is 19.1 Å². The van der Waals surface area contributed by atoms with E-state index in [9.17, 15) is 14.4 Å². The van der Waals surface area contributed by atoms with Gasteiger partial charge in [0.25, 0.3) is 5.91 Å². The summed E-state index contributed by atoms with van der Waals surface area (Å²) in [7, 11) is 0. The lowest BCUT2D eigenvalue weighted by Crippen LogP contribution is -2.56. The molecule has 8 heteroatoms. The quantitative estimate of drug-likeness (QED) is 0.370. The average Bonchev–Trinajstić information content (AvgIpc) is 2.57. The van der Waals surface area contributed by atoms with Gasteiger partial charge in [0.05, 0.1) is 5.41 Å². The summed E-state index contributed by atoms with van der Waals surface area (Å²) in [5.74, 6) is -0.00921. The second-order valence-electron chi connectivity index (χ2n) is 8.32. The van der Waals surface area contributed by atoms with Crippen molar-refractivity contribution >= 4 is 29.5 Å². The zero-order valence-corrected chi connectivity index (χ0v) is 16.6. The van der Waals surface area contributed by atoms with Crippen molar-refractivity contribution in [2.75, 3.05) is 26.4 Å². The maximum absolute atomic E-state index is 12.7. The van der Waals surface area contributed by atoms with Gasteiger partial charge in [-0.25, -0.2) is 4.79 Å². The Hall–Kier alpha value is -1.34. The van der Waals surface area contributed by atoms with Crippen LogP contribution in [0.3, 0.4) is 0 Å². The highest BCUT2D eigenvalue weighted by molar-refractivity contribution is 6.24. The summed E-state index contributed by atoms with van der Waals surface area (Å²) in [5, 5.41) is 4.74. The predicted octanol–water partition coefficient (Wildman–Crippen LogP) is 2.36. The van der Waals surface area contributed by atoms with Gasteiger partial charge in [-0.3, -0.25) is 14.9 Å². The summed E-state index contributed by atoms with van der Waals surface area (Å²) in [5.41, 5.74) is -0.548. The molecule has 2 N–H and O–H groups in total. The minimum atomic E-state index is -0.629. The third-order valence-corrected chi connectivity index (χ3v) is 6.41. The number of urea groups is 1. The number of ether oxygens (including phenoxy) is 2. The van der Waals surface area contributed by atoms with Crippen LogP contribution in [0.1, 0.15) is 51.9 Å². The van der Waals surface area contributed by atoms with Gasteiger partial charge in [0.1, 0.15) is 0 Å². The number of alkyl halides is 1. The molecule has 4 fully saturated rings.